The minimum atomic E-state index is -0.102. The van der Waals surface area contributed by atoms with Gasteiger partial charge in [0, 0.05) is 16.1 Å². The molecule has 3 N–H and O–H groups in total. The Balaban J connectivity index is 2.28. The van der Waals surface area contributed by atoms with Crippen molar-refractivity contribution in [2.24, 2.45) is 10.9 Å². The van der Waals surface area contributed by atoms with Crippen molar-refractivity contribution in [3.63, 3.8) is 0 Å². The number of nitrogens with two attached hydrogens (primary N) is 1. The van der Waals surface area contributed by atoms with Gasteiger partial charge in [0.05, 0.1) is 0 Å². The topological polar surface area (TPSA) is 80.7 Å². The SMILES string of the molecule is NC(=NO)c1cccc(Oc2cc(Cl)cc(Cl)c2)n1. The lowest BCUT2D eigenvalue weighted by molar-refractivity contribution is 0.318. The van der Waals surface area contributed by atoms with Crippen LogP contribution in [0.3, 0.4) is 0 Å². The second-order valence-electron chi connectivity index (χ2n) is 3.55. The lowest BCUT2D eigenvalue weighted by atomic mass is 10.3. The van der Waals surface area contributed by atoms with Crippen molar-refractivity contribution in [3.8, 4) is 11.6 Å². The average molecular weight is 298 g/mol. The zero-order valence-electron chi connectivity index (χ0n) is 9.55. The van der Waals surface area contributed by atoms with E-state index in [-0.39, 0.29) is 11.7 Å². The van der Waals surface area contributed by atoms with Crippen LogP contribution < -0.4 is 10.5 Å². The molecule has 0 spiro atoms. The molecule has 1 heterocycles. The van der Waals surface area contributed by atoms with Crippen LogP contribution in [0.15, 0.2) is 41.6 Å². The molecule has 0 atom stereocenters. The number of rotatable bonds is 3. The van der Waals surface area contributed by atoms with Crippen LogP contribution >= 0.6 is 23.2 Å². The van der Waals surface area contributed by atoms with Crippen molar-refractivity contribution >= 4 is 29.0 Å². The lowest BCUT2D eigenvalue weighted by Gasteiger charge is -2.07. The van der Waals surface area contributed by atoms with Crippen LogP contribution in [0.2, 0.25) is 10.0 Å². The van der Waals surface area contributed by atoms with Gasteiger partial charge in [-0.3, -0.25) is 0 Å². The average Bonchev–Trinajstić information content (AvgIpc) is 2.37. The Hall–Kier alpha value is -1.98. The third-order valence-electron chi connectivity index (χ3n) is 2.15. The Bertz CT molecular complexity index is 612. The summed E-state index contributed by atoms with van der Waals surface area (Å²) in [5.41, 5.74) is 5.74. The third-order valence-corrected chi connectivity index (χ3v) is 2.59. The van der Waals surface area contributed by atoms with Crippen molar-refractivity contribution in [2.45, 2.75) is 0 Å². The van der Waals surface area contributed by atoms with E-state index in [1.807, 2.05) is 0 Å². The molecule has 0 saturated heterocycles. The molecule has 19 heavy (non-hydrogen) atoms. The van der Waals surface area contributed by atoms with Gasteiger partial charge in [0.2, 0.25) is 5.88 Å². The number of hydrogen-bond donors (Lipinski definition) is 2. The van der Waals surface area contributed by atoms with Crippen molar-refractivity contribution in [1.82, 2.24) is 4.98 Å². The van der Waals surface area contributed by atoms with E-state index in [1.54, 1.807) is 36.4 Å². The van der Waals surface area contributed by atoms with Gasteiger partial charge in [-0.05, 0) is 24.3 Å². The second-order valence-corrected chi connectivity index (χ2v) is 4.43. The summed E-state index contributed by atoms with van der Waals surface area (Å²) in [7, 11) is 0. The molecule has 0 amide bonds. The van der Waals surface area contributed by atoms with Crippen molar-refractivity contribution in [1.29, 1.82) is 0 Å². The first-order valence-electron chi connectivity index (χ1n) is 5.17. The monoisotopic (exact) mass is 297 g/mol. The molecule has 0 bridgehead atoms. The van der Waals surface area contributed by atoms with E-state index < -0.39 is 0 Å². The first kappa shape index (κ1) is 13.5. The van der Waals surface area contributed by atoms with E-state index in [0.717, 1.165) is 0 Å². The Morgan fingerprint density at radius 3 is 2.53 bits per heavy atom. The highest BCUT2D eigenvalue weighted by Gasteiger charge is 2.05. The molecule has 0 aliphatic carbocycles. The molecule has 2 rings (SSSR count). The Kier molecular flexibility index (Phi) is 4.09. The number of pyridine rings is 1. The smallest absolute Gasteiger partial charge is 0.219 e. The number of ether oxygens (including phenoxy) is 1. The zero-order valence-corrected chi connectivity index (χ0v) is 11.1. The van der Waals surface area contributed by atoms with E-state index in [1.165, 1.54) is 0 Å². The van der Waals surface area contributed by atoms with Gasteiger partial charge < -0.3 is 15.7 Å². The van der Waals surface area contributed by atoms with Gasteiger partial charge in [-0.1, -0.05) is 34.4 Å². The second kappa shape index (κ2) is 5.77. The Labute approximate surface area is 119 Å². The lowest BCUT2D eigenvalue weighted by Crippen LogP contribution is -2.14. The first-order valence-corrected chi connectivity index (χ1v) is 5.93. The van der Waals surface area contributed by atoms with E-state index in [9.17, 15) is 0 Å². The molecule has 5 nitrogen and oxygen atoms in total. The summed E-state index contributed by atoms with van der Waals surface area (Å²) in [6.07, 6.45) is 0. The number of oxime groups is 1. The predicted octanol–water partition coefficient (Wildman–Crippen LogP) is 3.28. The normalized spacial score (nSPS) is 11.4. The molecular weight excluding hydrogens is 289 g/mol. The fourth-order valence-electron chi connectivity index (χ4n) is 1.37. The van der Waals surface area contributed by atoms with Crippen LogP contribution in [0, 0.1) is 0 Å². The highest BCUT2D eigenvalue weighted by molar-refractivity contribution is 6.34. The summed E-state index contributed by atoms with van der Waals surface area (Å²) in [5.74, 6) is 0.624. The van der Waals surface area contributed by atoms with E-state index in [4.69, 9.17) is 38.9 Å². The standard InChI is InChI=1S/C12H9Cl2N3O2/c13-7-4-8(14)6-9(5-7)19-11-3-1-2-10(16-11)12(15)17-18/h1-6,18H,(H2,15,17). The van der Waals surface area contributed by atoms with Gasteiger partial charge in [-0.2, -0.15) is 0 Å². The van der Waals surface area contributed by atoms with Gasteiger partial charge in [-0.25, -0.2) is 4.98 Å². The van der Waals surface area contributed by atoms with Gasteiger partial charge in [0.1, 0.15) is 11.4 Å². The zero-order chi connectivity index (χ0) is 13.8. The molecule has 1 aromatic heterocycles. The summed E-state index contributed by atoms with van der Waals surface area (Å²) in [5, 5.41) is 12.4. The van der Waals surface area contributed by atoms with Crippen molar-refractivity contribution in [3.05, 3.63) is 52.1 Å². The molecule has 0 aliphatic rings. The predicted molar refractivity (Wildman–Crippen MR) is 73.3 cm³/mol. The van der Waals surface area contributed by atoms with Crippen LogP contribution in [0.4, 0.5) is 0 Å². The first-order chi connectivity index (χ1) is 9.08. The van der Waals surface area contributed by atoms with E-state index >= 15 is 0 Å². The number of halogens is 2. The maximum atomic E-state index is 8.59. The summed E-state index contributed by atoms with van der Waals surface area (Å²) >= 11 is 11.7. The summed E-state index contributed by atoms with van der Waals surface area (Å²) < 4.78 is 5.50. The van der Waals surface area contributed by atoms with Crippen LogP contribution in [0.25, 0.3) is 0 Å². The number of nitrogens with zero attached hydrogens (tertiary/aromatic N) is 2. The van der Waals surface area contributed by atoms with Gasteiger partial charge >= 0.3 is 0 Å². The highest BCUT2D eigenvalue weighted by atomic mass is 35.5. The fraction of sp³-hybridized carbons (Fsp3) is 0. The molecule has 0 radical (unpaired) electrons. The molecule has 0 fully saturated rings. The Morgan fingerprint density at radius 2 is 1.89 bits per heavy atom. The third kappa shape index (κ3) is 3.49. The number of amidine groups is 1. The van der Waals surface area contributed by atoms with Crippen LogP contribution in [-0.4, -0.2) is 16.0 Å². The van der Waals surface area contributed by atoms with E-state index in [2.05, 4.69) is 10.1 Å². The maximum absolute atomic E-state index is 8.59. The molecule has 98 valence electrons. The summed E-state index contributed by atoms with van der Waals surface area (Å²) in [6.45, 7) is 0. The molecule has 1 aromatic carbocycles. The fourth-order valence-corrected chi connectivity index (χ4v) is 1.88. The largest absolute Gasteiger partial charge is 0.439 e. The van der Waals surface area contributed by atoms with E-state index in [0.29, 0.717) is 21.5 Å². The number of hydrogen-bond acceptors (Lipinski definition) is 4. The summed E-state index contributed by atoms with van der Waals surface area (Å²) in [4.78, 5) is 4.07. The van der Waals surface area contributed by atoms with Gasteiger partial charge in [-0.15, -0.1) is 0 Å². The molecule has 0 unspecified atom stereocenters. The number of aromatic nitrogens is 1. The molecule has 0 aliphatic heterocycles. The molecule has 2 aromatic rings. The molecule has 7 heteroatoms. The molecule has 0 saturated carbocycles. The van der Waals surface area contributed by atoms with Crippen molar-refractivity contribution in [2.75, 3.05) is 0 Å². The maximum Gasteiger partial charge on any atom is 0.219 e. The van der Waals surface area contributed by atoms with Crippen LogP contribution in [0.5, 0.6) is 11.6 Å². The van der Waals surface area contributed by atoms with Crippen LogP contribution in [0.1, 0.15) is 5.69 Å². The quantitative estimate of drug-likeness (QED) is 0.394. The minimum absolute atomic E-state index is 0.102. The molecular formula is C12H9Cl2N3O2. The van der Waals surface area contributed by atoms with Crippen molar-refractivity contribution < 1.29 is 9.94 Å². The van der Waals surface area contributed by atoms with Gasteiger partial charge in [0.15, 0.2) is 5.84 Å². The highest BCUT2D eigenvalue weighted by Crippen LogP contribution is 2.27. The van der Waals surface area contributed by atoms with Gasteiger partial charge in [0.25, 0.3) is 0 Å². The minimum Gasteiger partial charge on any atom is -0.439 e. The number of benzene rings is 1. The van der Waals surface area contributed by atoms with Crippen LogP contribution in [-0.2, 0) is 0 Å². The Morgan fingerprint density at radius 1 is 1.21 bits per heavy atom. The summed E-state index contributed by atoms with van der Waals surface area (Å²) in [6, 6.07) is 9.68.